The van der Waals surface area contributed by atoms with Crippen LogP contribution >= 0.6 is 0 Å². The summed E-state index contributed by atoms with van der Waals surface area (Å²) < 4.78 is 2.15. The second-order valence-corrected chi connectivity index (χ2v) is 9.23. The first-order chi connectivity index (χ1) is 14.2. The van der Waals surface area contributed by atoms with Crippen molar-refractivity contribution in [2.24, 2.45) is 10.4 Å². The number of benzene rings is 2. The van der Waals surface area contributed by atoms with Gasteiger partial charge < -0.3 is 9.67 Å². The third kappa shape index (κ3) is 5.18. The monoisotopic (exact) mass is 403 g/mol. The fourth-order valence-corrected chi connectivity index (χ4v) is 3.92. The summed E-state index contributed by atoms with van der Waals surface area (Å²) in [6, 6.07) is 14.4. The summed E-state index contributed by atoms with van der Waals surface area (Å²) in [5.74, 6) is 1.09. The van der Waals surface area contributed by atoms with Crippen LogP contribution < -0.4 is 0 Å². The molecular weight excluding hydrogens is 370 g/mol. The highest BCUT2D eigenvalue weighted by molar-refractivity contribution is 6.11. The van der Waals surface area contributed by atoms with Crippen LogP contribution in [-0.4, -0.2) is 26.9 Å². The molecule has 4 heteroatoms. The van der Waals surface area contributed by atoms with E-state index < -0.39 is 0 Å². The van der Waals surface area contributed by atoms with Crippen molar-refractivity contribution < 1.29 is 5.11 Å². The Morgan fingerprint density at radius 1 is 1.20 bits per heavy atom. The maximum absolute atomic E-state index is 10.7. The Kier molecular flexibility index (Phi) is 6.45. The third-order valence-corrected chi connectivity index (χ3v) is 5.23. The van der Waals surface area contributed by atoms with Crippen molar-refractivity contribution >= 4 is 22.8 Å². The topological polar surface area (TPSA) is 50.4 Å². The lowest BCUT2D eigenvalue weighted by Crippen LogP contribution is -2.13. The summed E-state index contributed by atoms with van der Waals surface area (Å²) in [6.07, 6.45) is 4.99. The molecule has 1 atom stereocenters. The van der Waals surface area contributed by atoms with Crippen LogP contribution in [0.1, 0.15) is 58.0 Å². The molecule has 0 bridgehead atoms. The molecule has 1 N–H and O–H groups in total. The van der Waals surface area contributed by atoms with E-state index in [4.69, 9.17) is 4.99 Å². The molecule has 0 aliphatic rings. The zero-order chi connectivity index (χ0) is 21.9. The van der Waals surface area contributed by atoms with Gasteiger partial charge in [-0.1, -0.05) is 57.2 Å². The van der Waals surface area contributed by atoms with Gasteiger partial charge in [0.25, 0.3) is 0 Å². The van der Waals surface area contributed by atoms with Crippen molar-refractivity contribution in [3.8, 4) is 5.75 Å². The number of phenols is 1. The molecule has 0 aliphatic carbocycles. The van der Waals surface area contributed by atoms with E-state index in [0.717, 1.165) is 28.9 Å². The van der Waals surface area contributed by atoms with E-state index in [9.17, 15) is 5.11 Å². The van der Waals surface area contributed by atoms with Gasteiger partial charge in [-0.15, -0.1) is 0 Å². The number of imidazole rings is 1. The van der Waals surface area contributed by atoms with Crippen LogP contribution in [0.2, 0.25) is 0 Å². The Balaban J connectivity index is 1.97. The van der Waals surface area contributed by atoms with Crippen LogP contribution in [-0.2, 0) is 6.54 Å². The van der Waals surface area contributed by atoms with Crippen molar-refractivity contribution in [2.45, 2.75) is 60.5 Å². The maximum atomic E-state index is 10.7. The number of nitrogens with zero attached hydrogens (tertiary/aromatic N) is 3. The fourth-order valence-electron chi connectivity index (χ4n) is 3.92. The standard InChI is InChI=1S/C26H33N3O/c1-7-21(16-27-18(2)15-26(4,5)6)22-13-23-25(24(30)14-22)28-19(3)29(23)17-20-11-9-8-10-12-20/h7-14,16,18,30H,15,17H2,1-6H3/b21-7+,27-16?. The van der Waals surface area contributed by atoms with Gasteiger partial charge in [-0.3, -0.25) is 4.99 Å². The quantitative estimate of drug-likeness (QED) is 0.484. The number of aliphatic imine (C=N–C) groups is 1. The third-order valence-electron chi connectivity index (χ3n) is 5.23. The predicted octanol–water partition coefficient (Wildman–Crippen LogP) is 6.40. The largest absolute Gasteiger partial charge is 0.506 e. The van der Waals surface area contributed by atoms with Crippen molar-refractivity contribution in [1.82, 2.24) is 9.55 Å². The zero-order valence-corrected chi connectivity index (χ0v) is 19.0. The number of phenolic OH excluding ortho intramolecular Hbond substituents is 1. The van der Waals surface area contributed by atoms with E-state index in [2.05, 4.69) is 55.4 Å². The van der Waals surface area contributed by atoms with Crippen molar-refractivity contribution in [3.63, 3.8) is 0 Å². The molecule has 1 heterocycles. The Hall–Kier alpha value is -2.88. The number of fused-ring (bicyclic) bond motifs is 1. The number of aromatic nitrogens is 2. The van der Waals surface area contributed by atoms with E-state index in [1.165, 1.54) is 5.56 Å². The van der Waals surface area contributed by atoms with Gasteiger partial charge in [-0.05, 0) is 61.4 Å². The van der Waals surface area contributed by atoms with Gasteiger partial charge >= 0.3 is 0 Å². The predicted molar refractivity (Wildman–Crippen MR) is 127 cm³/mol. The van der Waals surface area contributed by atoms with Gasteiger partial charge in [-0.25, -0.2) is 4.98 Å². The van der Waals surface area contributed by atoms with Crippen LogP contribution in [0.15, 0.2) is 53.5 Å². The molecule has 0 fully saturated rings. The smallest absolute Gasteiger partial charge is 0.144 e. The highest BCUT2D eigenvalue weighted by Crippen LogP contribution is 2.30. The minimum absolute atomic E-state index is 0.202. The first-order valence-corrected chi connectivity index (χ1v) is 10.6. The normalized spacial score (nSPS) is 14.0. The molecular formula is C26H33N3O. The first kappa shape index (κ1) is 21.8. The lowest BCUT2D eigenvalue weighted by Gasteiger charge is -2.20. The molecule has 1 unspecified atom stereocenters. The van der Waals surface area contributed by atoms with Crippen LogP contribution in [0, 0.1) is 12.3 Å². The highest BCUT2D eigenvalue weighted by Gasteiger charge is 2.16. The molecule has 3 rings (SSSR count). The van der Waals surface area contributed by atoms with E-state index >= 15 is 0 Å². The number of rotatable bonds is 6. The van der Waals surface area contributed by atoms with Gasteiger partial charge in [0.05, 0.1) is 5.52 Å². The Labute approximate surface area is 180 Å². The average Bonchev–Trinajstić information content (AvgIpc) is 2.98. The summed E-state index contributed by atoms with van der Waals surface area (Å²) >= 11 is 0. The summed E-state index contributed by atoms with van der Waals surface area (Å²) in [5, 5.41) is 10.7. The molecule has 30 heavy (non-hydrogen) atoms. The molecule has 0 spiro atoms. The number of allylic oxidation sites excluding steroid dienone is 2. The molecule has 4 nitrogen and oxygen atoms in total. The lowest BCUT2D eigenvalue weighted by atomic mass is 9.89. The lowest BCUT2D eigenvalue weighted by molar-refractivity contribution is 0.350. The average molecular weight is 404 g/mol. The molecule has 0 radical (unpaired) electrons. The molecule has 0 saturated carbocycles. The summed E-state index contributed by atoms with van der Waals surface area (Å²) in [6.45, 7) is 13.5. The van der Waals surface area contributed by atoms with E-state index in [0.29, 0.717) is 12.1 Å². The molecule has 1 aromatic heterocycles. The maximum Gasteiger partial charge on any atom is 0.144 e. The second kappa shape index (κ2) is 8.86. The van der Waals surface area contributed by atoms with Crippen molar-refractivity contribution in [1.29, 1.82) is 0 Å². The molecule has 0 amide bonds. The molecule has 2 aromatic carbocycles. The van der Waals surface area contributed by atoms with E-state index in [1.54, 1.807) is 6.07 Å². The number of hydrogen-bond acceptors (Lipinski definition) is 3. The summed E-state index contributed by atoms with van der Waals surface area (Å²) in [5.41, 5.74) is 4.96. The van der Waals surface area contributed by atoms with Gasteiger partial charge in [-0.2, -0.15) is 0 Å². The number of aryl methyl sites for hydroxylation is 1. The minimum Gasteiger partial charge on any atom is -0.506 e. The fraction of sp³-hybridized carbons (Fsp3) is 0.385. The SMILES string of the molecule is C/C=C(\C=NC(C)CC(C)(C)C)c1cc(O)c2nc(C)n(Cc3ccccc3)c2c1. The molecule has 3 aromatic rings. The summed E-state index contributed by atoms with van der Waals surface area (Å²) in [7, 11) is 0. The van der Waals surface area contributed by atoms with Crippen molar-refractivity contribution in [2.75, 3.05) is 0 Å². The van der Waals surface area contributed by atoms with E-state index in [1.807, 2.05) is 44.3 Å². The van der Waals surface area contributed by atoms with Crippen molar-refractivity contribution in [3.05, 3.63) is 65.5 Å². The van der Waals surface area contributed by atoms with Crippen LogP contribution in [0.5, 0.6) is 5.75 Å². The first-order valence-electron chi connectivity index (χ1n) is 10.6. The molecule has 0 aliphatic heterocycles. The second-order valence-electron chi connectivity index (χ2n) is 9.23. The zero-order valence-electron chi connectivity index (χ0n) is 19.0. The van der Waals surface area contributed by atoms with Gasteiger partial charge in [0, 0.05) is 18.8 Å². The Morgan fingerprint density at radius 3 is 2.53 bits per heavy atom. The van der Waals surface area contributed by atoms with Crippen LogP contribution in [0.25, 0.3) is 16.6 Å². The van der Waals surface area contributed by atoms with Crippen LogP contribution in [0.3, 0.4) is 0 Å². The minimum atomic E-state index is 0.202. The highest BCUT2D eigenvalue weighted by atomic mass is 16.3. The molecule has 0 saturated heterocycles. The summed E-state index contributed by atoms with van der Waals surface area (Å²) in [4.78, 5) is 9.37. The Bertz CT molecular complexity index is 1070. The van der Waals surface area contributed by atoms with Gasteiger partial charge in [0.2, 0.25) is 0 Å². The van der Waals surface area contributed by atoms with Crippen LogP contribution in [0.4, 0.5) is 0 Å². The number of aromatic hydroxyl groups is 1. The number of hydrogen-bond donors (Lipinski definition) is 1. The molecule has 158 valence electrons. The van der Waals surface area contributed by atoms with Gasteiger partial charge in [0.15, 0.2) is 0 Å². The Morgan fingerprint density at radius 2 is 1.90 bits per heavy atom. The van der Waals surface area contributed by atoms with Gasteiger partial charge in [0.1, 0.15) is 17.1 Å². The van der Waals surface area contributed by atoms with E-state index in [-0.39, 0.29) is 17.2 Å².